The number of piperidine rings is 1. The number of hydrogen-bond acceptors (Lipinski definition) is 4. The van der Waals surface area contributed by atoms with E-state index in [-0.39, 0.29) is 5.92 Å². The molecule has 0 amide bonds. The van der Waals surface area contributed by atoms with Crippen molar-refractivity contribution in [1.29, 1.82) is 0 Å². The molecule has 2 aliphatic heterocycles. The van der Waals surface area contributed by atoms with Gasteiger partial charge in [0.15, 0.2) is 5.67 Å². The van der Waals surface area contributed by atoms with Gasteiger partial charge in [0.25, 0.3) is 0 Å². The molecule has 2 unspecified atom stereocenters. The molecule has 3 aromatic rings. The third-order valence-electron chi connectivity index (χ3n) is 7.59. The minimum atomic E-state index is -1.38. The lowest BCUT2D eigenvalue weighted by atomic mass is 9.84. The van der Waals surface area contributed by atoms with E-state index in [4.69, 9.17) is 4.98 Å². The number of halogens is 1. The van der Waals surface area contributed by atoms with Crippen LogP contribution in [0, 0.1) is 5.92 Å². The Morgan fingerprint density at radius 2 is 1.89 bits per heavy atom. The Bertz CT molecular complexity index is 1190. The fourth-order valence-corrected chi connectivity index (χ4v) is 5.47. The first-order chi connectivity index (χ1) is 17.5. The lowest BCUT2D eigenvalue weighted by Gasteiger charge is -2.33. The van der Waals surface area contributed by atoms with E-state index >= 15 is 4.39 Å². The first-order valence-electron chi connectivity index (χ1n) is 13.6. The highest BCUT2D eigenvalue weighted by Crippen LogP contribution is 2.44. The van der Waals surface area contributed by atoms with Crippen molar-refractivity contribution in [3.05, 3.63) is 71.9 Å². The number of fused-ring (bicyclic) bond motifs is 2. The number of rotatable bonds is 7. The highest BCUT2D eigenvalue weighted by Gasteiger charge is 2.51. The molecule has 2 aliphatic rings. The molecule has 0 bridgehead atoms. The number of hydrogen-bond donors (Lipinski definition) is 2. The number of nitrogens with one attached hydrogen (secondary N) is 2. The van der Waals surface area contributed by atoms with Crippen LogP contribution in [0.5, 0.6) is 0 Å². The van der Waals surface area contributed by atoms with E-state index in [0.717, 1.165) is 66.6 Å². The molecule has 5 rings (SSSR count). The average molecular weight is 489 g/mol. The SMILES string of the molecule is C=C1NCCC2CN(c3cc(-c4ccc(CCCNC)cc4)nc4cc(CC)ccc34)CC12F.CC. The van der Waals surface area contributed by atoms with Gasteiger partial charge in [-0.2, -0.15) is 0 Å². The fourth-order valence-electron chi connectivity index (χ4n) is 5.47. The van der Waals surface area contributed by atoms with Gasteiger partial charge in [0.1, 0.15) is 0 Å². The second kappa shape index (κ2) is 11.4. The van der Waals surface area contributed by atoms with Gasteiger partial charge in [-0.25, -0.2) is 9.37 Å². The molecule has 2 aromatic carbocycles. The number of anilines is 1. The molecule has 2 atom stereocenters. The summed E-state index contributed by atoms with van der Waals surface area (Å²) >= 11 is 0. The molecule has 1 aromatic heterocycles. The van der Waals surface area contributed by atoms with E-state index < -0.39 is 5.67 Å². The van der Waals surface area contributed by atoms with Crippen molar-refractivity contribution < 1.29 is 4.39 Å². The molecular weight excluding hydrogens is 447 g/mol. The Hall–Kier alpha value is -2.92. The molecule has 36 heavy (non-hydrogen) atoms. The van der Waals surface area contributed by atoms with Crippen LogP contribution in [-0.2, 0) is 12.8 Å². The Kier molecular flexibility index (Phi) is 8.30. The van der Waals surface area contributed by atoms with Crippen LogP contribution in [0.25, 0.3) is 22.2 Å². The largest absolute Gasteiger partial charge is 0.386 e. The van der Waals surface area contributed by atoms with Crippen LogP contribution in [0.3, 0.4) is 0 Å². The Labute approximate surface area is 216 Å². The Morgan fingerprint density at radius 3 is 2.58 bits per heavy atom. The van der Waals surface area contributed by atoms with Crippen molar-refractivity contribution in [1.82, 2.24) is 15.6 Å². The van der Waals surface area contributed by atoms with Gasteiger partial charge < -0.3 is 15.5 Å². The van der Waals surface area contributed by atoms with E-state index in [1.54, 1.807) is 0 Å². The van der Waals surface area contributed by atoms with Crippen molar-refractivity contribution in [3.8, 4) is 11.3 Å². The summed E-state index contributed by atoms with van der Waals surface area (Å²) in [5.41, 5.74) is 5.83. The van der Waals surface area contributed by atoms with Gasteiger partial charge in [-0.3, -0.25) is 0 Å². The molecule has 192 valence electrons. The van der Waals surface area contributed by atoms with Crippen molar-refractivity contribution in [3.63, 3.8) is 0 Å². The molecule has 2 fully saturated rings. The molecule has 3 heterocycles. The first-order valence-corrected chi connectivity index (χ1v) is 13.6. The summed E-state index contributed by atoms with van der Waals surface area (Å²) < 4.78 is 16.0. The molecule has 0 saturated carbocycles. The highest BCUT2D eigenvalue weighted by molar-refractivity contribution is 5.95. The zero-order chi connectivity index (χ0) is 25.7. The van der Waals surface area contributed by atoms with Crippen molar-refractivity contribution in [2.24, 2.45) is 5.92 Å². The van der Waals surface area contributed by atoms with Gasteiger partial charge in [0.2, 0.25) is 0 Å². The summed E-state index contributed by atoms with van der Waals surface area (Å²) in [7, 11) is 1.99. The lowest BCUT2D eigenvalue weighted by molar-refractivity contribution is 0.137. The first kappa shape index (κ1) is 26.2. The van der Waals surface area contributed by atoms with E-state index in [1.807, 2.05) is 20.9 Å². The molecule has 4 nitrogen and oxygen atoms in total. The van der Waals surface area contributed by atoms with E-state index in [2.05, 4.69) is 77.6 Å². The predicted octanol–water partition coefficient (Wildman–Crippen LogP) is 6.29. The molecule has 5 heteroatoms. The summed E-state index contributed by atoms with van der Waals surface area (Å²) in [6.07, 6.45) is 3.97. The van der Waals surface area contributed by atoms with Crippen LogP contribution in [0.2, 0.25) is 0 Å². The normalized spacial score (nSPS) is 21.1. The van der Waals surface area contributed by atoms with Gasteiger partial charge in [0.05, 0.1) is 17.8 Å². The molecule has 0 aliphatic carbocycles. The fraction of sp³-hybridized carbons (Fsp3) is 0.452. The van der Waals surface area contributed by atoms with Crippen LogP contribution >= 0.6 is 0 Å². The molecule has 2 saturated heterocycles. The third kappa shape index (κ3) is 5.12. The maximum absolute atomic E-state index is 16.0. The number of aromatic nitrogens is 1. The van der Waals surface area contributed by atoms with Gasteiger partial charge in [-0.15, -0.1) is 0 Å². The second-order valence-corrected chi connectivity index (χ2v) is 9.77. The van der Waals surface area contributed by atoms with Crippen LogP contribution in [0.15, 0.2) is 60.8 Å². The standard InChI is InChI=1S/C29H35FN4.C2H6/c1-4-21-9-12-25-27(16-21)33-26(23-10-7-22(8-11-23)6-5-14-31-3)17-28(25)34-18-24-13-15-32-20(2)29(24,30)19-34;1-2/h7-12,16-17,24,31-32H,2,4-6,13-15,18-19H2,1,3H3;1-2H3. The zero-order valence-corrected chi connectivity index (χ0v) is 22.3. The highest BCUT2D eigenvalue weighted by atomic mass is 19.1. The van der Waals surface area contributed by atoms with E-state index in [1.165, 1.54) is 11.1 Å². The maximum Gasteiger partial charge on any atom is 0.171 e. The predicted molar refractivity (Wildman–Crippen MR) is 151 cm³/mol. The Balaban J connectivity index is 0.00000148. The quantitative estimate of drug-likeness (QED) is 0.383. The number of aryl methyl sites for hydroxylation is 2. The van der Waals surface area contributed by atoms with Gasteiger partial charge in [-0.1, -0.05) is 63.7 Å². The minimum Gasteiger partial charge on any atom is -0.386 e. The summed E-state index contributed by atoms with van der Waals surface area (Å²) in [4.78, 5) is 7.27. The molecule has 0 spiro atoms. The molecule has 2 N–H and O–H groups in total. The van der Waals surface area contributed by atoms with Crippen LogP contribution in [0.4, 0.5) is 10.1 Å². The van der Waals surface area contributed by atoms with E-state index in [0.29, 0.717) is 18.8 Å². The topological polar surface area (TPSA) is 40.2 Å². The van der Waals surface area contributed by atoms with Crippen LogP contribution in [0.1, 0.15) is 44.7 Å². The number of benzene rings is 2. The summed E-state index contributed by atoms with van der Waals surface area (Å²) in [5, 5.41) is 7.46. The smallest absolute Gasteiger partial charge is 0.171 e. The minimum absolute atomic E-state index is 0.0280. The lowest BCUT2D eigenvalue weighted by Crippen LogP contribution is -2.46. The second-order valence-electron chi connectivity index (χ2n) is 9.77. The monoisotopic (exact) mass is 488 g/mol. The summed E-state index contributed by atoms with van der Waals surface area (Å²) in [6, 6.07) is 17.4. The third-order valence-corrected chi connectivity index (χ3v) is 7.59. The number of alkyl halides is 1. The summed E-state index contributed by atoms with van der Waals surface area (Å²) in [5.74, 6) is -0.0280. The van der Waals surface area contributed by atoms with Crippen molar-refractivity contribution in [2.75, 3.05) is 38.1 Å². The zero-order valence-electron chi connectivity index (χ0n) is 22.3. The summed E-state index contributed by atoms with van der Waals surface area (Å²) in [6.45, 7) is 13.0. The van der Waals surface area contributed by atoms with E-state index in [9.17, 15) is 0 Å². The van der Waals surface area contributed by atoms with Crippen LogP contribution < -0.4 is 15.5 Å². The van der Waals surface area contributed by atoms with Crippen molar-refractivity contribution in [2.45, 2.75) is 52.1 Å². The molecular formula is C31H41FN4. The van der Waals surface area contributed by atoms with Crippen LogP contribution in [-0.4, -0.2) is 43.9 Å². The van der Waals surface area contributed by atoms with Gasteiger partial charge in [0, 0.05) is 41.3 Å². The number of nitrogens with zero attached hydrogens (tertiary/aromatic N) is 2. The number of pyridine rings is 1. The van der Waals surface area contributed by atoms with Gasteiger partial charge >= 0.3 is 0 Å². The molecule has 0 radical (unpaired) electrons. The van der Waals surface area contributed by atoms with Crippen molar-refractivity contribution >= 4 is 16.6 Å². The van der Waals surface area contributed by atoms with Gasteiger partial charge in [-0.05, 0) is 62.5 Å². The maximum atomic E-state index is 16.0. The Morgan fingerprint density at radius 1 is 1.14 bits per heavy atom. The average Bonchev–Trinajstić information content (AvgIpc) is 3.28.